The van der Waals surface area contributed by atoms with Crippen LogP contribution in [0.25, 0.3) is 0 Å². The van der Waals surface area contributed by atoms with E-state index in [9.17, 15) is 9.18 Å². The Kier molecular flexibility index (Phi) is 9.13. The van der Waals surface area contributed by atoms with E-state index >= 15 is 0 Å². The molecule has 0 bridgehead atoms. The van der Waals surface area contributed by atoms with Gasteiger partial charge in [0.1, 0.15) is 18.0 Å². The molecule has 1 heterocycles. The highest BCUT2D eigenvalue weighted by Crippen LogP contribution is 2.31. The number of carbonyl (C=O) groups excluding carboxylic acids is 1. The molecule has 2 aliphatic rings. The van der Waals surface area contributed by atoms with Crippen molar-refractivity contribution >= 4 is 5.97 Å². The lowest BCUT2D eigenvalue weighted by atomic mass is 9.85. The monoisotopic (exact) mass is 420 g/mol. The van der Waals surface area contributed by atoms with E-state index in [0.29, 0.717) is 18.8 Å². The molecule has 0 spiro atoms. The molecule has 1 aliphatic heterocycles. The highest BCUT2D eigenvalue weighted by atomic mass is 19.1. The number of unbranched alkanes of at least 4 members (excludes halogenated alkanes) is 2. The summed E-state index contributed by atoms with van der Waals surface area (Å²) in [6.07, 6.45) is 10.6. The third kappa shape index (κ3) is 6.52. The van der Waals surface area contributed by atoms with Crippen molar-refractivity contribution < 1.29 is 23.4 Å². The maximum absolute atomic E-state index is 14.7. The first-order valence-corrected chi connectivity index (χ1v) is 11.8. The van der Waals surface area contributed by atoms with Crippen molar-refractivity contribution in [3.8, 4) is 0 Å². The fourth-order valence-electron chi connectivity index (χ4n) is 4.59. The molecule has 2 fully saturated rings. The minimum atomic E-state index is -0.436. The van der Waals surface area contributed by atoms with Gasteiger partial charge in [0.2, 0.25) is 0 Å². The second kappa shape index (κ2) is 11.8. The van der Waals surface area contributed by atoms with Gasteiger partial charge >= 0.3 is 5.97 Å². The first kappa shape index (κ1) is 23.2. The molecule has 0 amide bonds. The zero-order valence-electron chi connectivity index (χ0n) is 18.5. The fraction of sp³-hybridized carbons (Fsp3) is 0.720. The topological polar surface area (TPSA) is 44.8 Å². The lowest BCUT2D eigenvalue weighted by Gasteiger charge is -2.30. The molecule has 0 unspecified atom stereocenters. The molecule has 2 atom stereocenters. The number of hydrogen-bond acceptors (Lipinski definition) is 4. The molecule has 0 N–H and O–H groups in total. The van der Waals surface area contributed by atoms with Gasteiger partial charge < -0.3 is 14.2 Å². The van der Waals surface area contributed by atoms with Crippen LogP contribution >= 0.6 is 0 Å². The minimum absolute atomic E-state index is 0.0481. The van der Waals surface area contributed by atoms with Gasteiger partial charge in [0, 0.05) is 5.56 Å². The van der Waals surface area contributed by atoms with E-state index in [2.05, 4.69) is 13.8 Å². The summed E-state index contributed by atoms with van der Waals surface area (Å²) in [6, 6.07) is 4.55. The maximum atomic E-state index is 14.7. The van der Waals surface area contributed by atoms with Crippen LogP contribution in [0.5, 0.6) is 0 Å². The van der Waals surface area contributed by atoms with Crippen LogP contribution in [0, 0.1) is 11.7 Å². The van der Waals surface area contributed by atoms with Gasteiger partial charge in [-0.15, -0.1) is 0 Å². The van der Waals surface area contributed by atoms with Crippen molar-refractivity contribution in [2.75, 3.05) is 13.2 Å². The number of ether oxygens (including phenoxy) is 3. The third-order valence-electron chi connectivity index (χ3n) is 6.44. The zero-order chi connectivity index (χ0) is 21.3. The molecule has 0 aromatic heterocycles. The Balaban J connectivity index is 1.49. The first-order valence-electron chi connectivity index (χ1n) is 11.8. The Hall–Kier alpha value is -1.46. The molecule has 5 heteroatoms. The lowest BCUT2D eigenvalue weighted by molar-refractivity contribution is -0.138. The standard InChI is InChI=1S/C25H37FO4/c1-3-5-6-8-21-16-29-24(17-28-21)22-14-11-19(15-23(22)26)25(27)30-20-12-9-18(7-4-2)10-13-20/h11,14-15,18,20-21,24H,3-10,12-13,16-17H2,1-2H3/t18?,20?,21-,24-/m0/s1. The van der Waals surface area contributed by atoms with Gasteiger partial charge in [0.15, 0.2) is 0 Å². The van der Waals surface area contributed by atoms with E-state index in [4.69, 9.17) is 14.2 Å². The number of benzene rings is 1. The Morgan fingerprint density at radius 2 is 1.83 bits per heavy atom. The SMILES string of the molecule is CCCCC[C@H]1CO[C@H](c2ccc(C(=O)OC3CCC(CCC)CC3)cc2F)CO1. The average Bonchev–Trinajstić information content (AvgIpc) is 2.76. The molecule has 0 radical (unpaired) electrons. The maximum Gasteiger partial charge on any atom is 0.338 e. The predicted octanol–water partition coefficient (Wildman–Crippen LogP) is 6.38. The second-order valence-corrected chi connectivity index (χ2v) is 8.85. The Labute approximate surface area is 180 Å². The summed E-state index contributed by atoms with van der Waals surface area (Å²) in [7, 11) is 0. The highest BCUT2D eigenvalue weighted by Gasteiger charge is 2.27. The van der Waals surface area contributed by atoms with Gasteiger partial charge in [0.05, 0.1) is 24.9 Å². The highest BCUT2D eigenvalue weighted by molar-refractivity contribution is 5.89. The van der Waals surface area contributed by atoms with Crippen molar-refractivity contribution in [1.82, 2.24) is 0 Å². The van der Waals surface area contributed by atoms with Gasteiger partial charge in [-0.3, -0.25) is 0 Å². The van der Waals surface area contributed by atoms with Crippen LogP contribution in [0.2, 0.25) is 0 Å². The molecule has 1 aliphatic carbocycles. The van der Waals surface area contributed by atoms with E-state index in [1.165, 1.54) is 31.7 Å². The Morgan fingerprint density at radius 3 is 2.47 bits per heavy atom. The minimum Gasteiger partial charge on any atom is -0.459 e. The number of hydrogen-bond donors (Lipinski definition) is 0. The van der Waals surface area contributed by atoms with Crippen LogP contribution in [0.4, 0.5) is 4.39 Å². The van der Waals surface area contributed by atoms with Crippen molar-refractivity contribution in [2.24, 2.45) is 5.92 Å². The van der Waals surface area contributed by atoms with Crippen molar-refractivity contribution in [1.29, 1.82) is 0 Å². The summed E-state index contributed by atoms with van der Waals surface area (Å²) in [4.78, 5) is 12.5. The predicted molar refractivity (Wildman–Crippen MR) is 115 cm³/mol. The number of carbonyl (C=O) groups is 1. The summed E-state index contributed by atoms with van der Waals surface area (Å²) in [5.74, 6) is -0.115. The quantitative estimate of drug-likeness (QED) is 0.343. The third-order valence-corrected chi connectivity index (χ3v) is 6.44. The largest absolute Gasteiger partial charge is 0.459 e. The molecule has 1 saturated carbocycles. The number of rotatable bonds is 9. The van der Waals surface area contributed by atoms with Crippen LogP contribution < -0.4 is 0 Å². The fourth-order valence-corrected chi connectivity index (χ4v) is 4.59. The van der Waals surface area contributed by atoms with E-state index in [1.807, 2.05) is 0 Å². The van der Waals surface area contributed by atoms with E-state index in [1.54, 1.807) is 12.1 Å². The van der Waals surface area contributed by atoms with Crippen molar-refractivity contribution in [3.05, 3.63) is 35.1 Å². The molecule has 30 heavy (non-hydrogen) atoms. The van der Waals surface area contributed by atoms with Gasteiger partial charge in [-0.25, -0.2) is 9.18 Å². The molecular formula is C25H37FO4. The van der Waals surface area contributed by atoms with Gasteiger partial charge in [0.25, 0.3) is 0 Å². The van der Waals surface area contributed by atoms with E-state index in [-0.39, 0.29) is 17.8 Å². The summed E-state index contributed by atoms with van der Waals surface area (Å²) in [5.41, 5.74) is 0.708. The Bertz CT molecular complexity index is 661. The first-order chi connectivity index (χ1) is 14.6. The number of halogens is 1. The van der Waals surface area contributed by atoms with Crippen LogP contribution in [-0.2, 0) is 14.2 Å². The van der Waals surface area contributed by atoms with Crippen molar-refractivity contribution in [2.45, 2.75) is 96.4 Å². The molecule has 3 rings (SSSR count). The molecule has 1 saturated heterocycles. The summed E-state index contributed by atoms with van der Waals surface area (Å²) >= 11 is 0. The van der Waals surface area contributed by atoms with Gasteiger partial charge in [-0.05, 0) is 50.2 Å². The second-order valence-electron chi connectivity index (χ2n) is 8.85. The van der Waals surface area contributed by atoms with Crippen LogP contribution in [-0.4, -0.2) is 31.4 Å². The molecule has 1 aromatic carbocycles. The van der Waals surface area contributed by atoms with Crippen molar-refractivity contribution in [3.63, 3.8) is 0 Å². The van der Waals surface area contributed by atoms with E-state index in [0.717, 1.165) is 44.4 Å². The Morgan fingerprint density at radius 1 is 1.03 bits per heavy atom. The van der Waals surface area contributed by atoms with Crippen LogP contribution in [0.15, 0.2) is 18.2 Å². The van der Waals surface area contributed by atoms with Gasteiger partial charge in [-0.1, -0.05) is 52.0 Å². The molecular weight excluding hydrogens is 383 g/mol. The van der Waals surface area contributed by atoms with Gasteiger partial charge in [-0.2, -0.15) is 0 Å². The molecule has 4 nitrogen and oxygen atoms in total. The summed E-state index contributed by atoms with van der Waals surface area (Å²) < 4.78 is 32.1. The lowest BCUT2D eigenvalue weighted by Crippen LogP contribution is -2.31. The summed E-state index contributed by atoms with van der Waals surface area (Å²) in [5, 5.41) is 0. The smallest absolute Gasteiger partial charge is 0.338 e. The summed E-state index contributed by atoms with van der Waals surface area (Å²) in [6.45, 7) is 5.21. The zero-order valence-corrected chi connectivity index (χ0v) is 18.5. The van der Waals surface area contributed by atoms with E-state index < -0.39 is 17.9 Å². The van der Waals surface area contributed by atoms with Crippen LogP contribution in [0.1, 0.15) is 100 Å². The average molecular weight is 421 g/mol. The van der Waals surface area contributed by atoms with Crippen LogP contribution in [0.3, 0.4) is 0 Å². The number of esters is 1. The molecule has 1 aromatic rings. The molecule has 168 valence electrons. The normalized spacial score (nSPS) is 27.0.